The van der Waals surface area contributed by atoms with E-state index in [1.807, 2.05) is 12.1 Å². The average Bonchev–Trinajstić information content (AvgIpc) is 2.49. The molecule has 0 aromatic heterocycles. The van der Waals surface area contributed by atoms with Crippen molar-refractivity contribution in [1.82, 2.24) is 0 Å². The van der Waals surface area contributed by atoms with Gasteiger partial charge in [0.25, 0.3) is 0 Å². The van der Waals surface area contributed by atoms with E-state index >= 15 is 0 Å². The van der Waals surface area contributed by atoms with Crippen LogP contribution in [0, 0.1) is 5.92 Å². The van der Waals surface area contributed by atoms with Crippen LogP contribution in [0.1, 0.15) is 0 Å². The second-order valence-corrected chi connectivity index (χ2v) is 6.84. The molecule has 0 amide bonds. The summed E-state index contributed by atoms with van der Waals surface area (Å²) in [5.41, 5.74) is -2.38. The fourth-order valence-electron chi connectivity index (χ4n) is 2.35. The summed E-state index contributed by atoms with van der Waals surface area (Å²) in [6.07, 6.45) is 0. The minimum Gasteiger partial charge on any atom is -0.492 e. The van der Waals surface area contributed by atoms with E-state index in [9.17, 15) is 14.2 Å². The van der Waals surface area contributed by atoms with Crippen LogP contribution in [0.3, 0.4) is 0 Å². The molecule has 0 radical (unpaired) electrons. The maximum Gasteiger partial charge on any atom is 0.340 e. The molecule has 8 nitrogen and oxygen atoms in total. The Kier molecular flexibility index (Phi) is 5.23. The average molecular weight is 354 g/mol. The molecule has 0 saturated carbocycles. The molecule has 2 aromatic rings. The molecule has 9 heteroatoms. The number of carboxylic acid groups (broad SMARTS) is 2. The molecule has 0 fully saturated rings. The number of aliphatic carboxylic acids is 2. The van der Waals surface area contributed by atoms with Gasteiger partial charge in [0.05, 0.1) is 0 Å². The van der Waals surface area contributed by atoms with E-state index in [4.69, 9.17) is 24.7 Å². The van der Waals surface area contributed by atoms with Crippen LogP contribution in [-0.4, -0.2) is 44.2 Å². The lowest BCUT2D eigenvalue weighted by molar-refractivity contribution is -0.149. The molecule has 0 spiro atoms. The first-order valence-electron chi connectivity index (χ1n) is 6.83. The maximum absolute atomic E-state index is 11.3. The van der Waals surface area contributed by atoms with Crippen LogP contribution in [0.25, 0.3) is 10.8 Å². The van der Waals surface area contributed by atoms with Crippen LogP contribution >= 0.6 is 7.60 Å². The SMILES string of the molecule is O=C(O)C(COc1cccc2ccccc12)C(C(=O)O)P(=O)(O)O. The van der Waals surface area contributed by atoms with Crippen molar-refractivity contribution in [2.45, 2.75) is 5.66 Å². The number of rotatable bonds is 7. The first-order chi connectivity index (χ1) is 11.2. The zero-order chi connectivity index (χ0) is 17.9. The van der Waals surface area contributed by atoms with Gasteiger partial charge in [0.2, 0.25) is 0 Å². The maximum atomic E-state index is 11.3. The van der Waals surface area contributed by atoms with Crippen molar-refractivity contribution in [2.75, 3.05) is 6.61 Å². The van der Waals surface area contributed by atoms with E-state index < -0.39 is 37.7 Å². The predicted octanol–water partition coefficient (Wildman–Crippen LogP) is 1.55. The third-order valence-electron chi connectivity index (χ3n) is 3.48. The zero-order valence-electron chi connectivity index (χ0n) is 12.3. The van der Waals surface area contributed by atoms with Gasteiger partial charge in [-0.1, -0.05) is 36.4 Å². The molecule has 0 heterocycles. The normalized spacial score (nSPS) is 14.1. The number of hydrogen-bond acceptors (Lipinski definition) is 4. The number of fused-ring (bicyclic) bond motifs is 1. The van der Waals surface area contributed by atoms with Gasteiger partial charge in [-0.05, 0) is 11.5 Å². The summed E-state index contributed by atoms with van der Waals surface area (Å²) in [4.78, 5) is 40.7. The summed E-state index contributed by atoms with van der Waals surface area (Å²) in [6.45, 7) is -0.689. The van der Waals surface area contributed by atoms with Crippen molar-refractivity contribution in [2.24, 2.45) is 5.92 Å². The lowest BCUT2D eigenvalue weighted by Crippen LogP contribution is -2.38. The first kappa shape index (κ1) is 17.9. The van der Waals surface area contributed by atoms with E-state index in [-0.39, 0.29) is 0 Å². The Morgan fingerprint density at radius 3 is 2.21 bits per heavy atom. The Morgan fingerprint density at radius 1 is 1.00 bits per heavy atom. The van der Waals surface area contributed by atoms with Gasteiger partial charge in [-0.15, -0.1) is 0 Å². The summed E-state index contributed by atoms with van der Waals surface area (Å²) in [7, 11) is -5.17. The number of ether oxygens (including phenoxy) is 1. The molecule has 24 heavy (non-hydrogen) atoms. The molecule has 0 saturated heterocycles. The molecule has 2 aromatic carbocycles. The molecule has 0 aliphatic carbocycles. The Bertz CT molecular complexity index is 807. The number of hydrogen-bond donors (Lipinski definition) is 4. The van der Waals surface area contributed by atoms with Crippen LogP contribution in [0.4, 0.5) is 0 Å². The van der Waals surface area contributed by atoms with Gasteiger partial charge in [-0.25, -0.2) is 0 Å². The zero-order valence-corrected chi connectivity index (χ0v) is 13.2. The van der Waals surface area contributed by atoms with Gasteiger partial charge in [-0.3, -0.25) is 14.2 Å². The minimum absolute atomic E-state index is 0.300. The molecule has 2 rings (SSSR count). The van der Waals surface area contributed by atoms with Crippen LogP contribution in [0.2, 0.25) is 0 Å². The van der Waals surface area contributed by atoms with Crippen molar-refractivity contribution in [1.29, 1.82) is 0 Å². The second kappa shape index (κ2) is 7.00. The lowest BCUT2D eigenvalue weighted by atomic mass is 10.1. The van der Waals surface area contributed by atoms with Crippen molar-refractivity contribution in [3.63, 3.8) is 0 Å². The summed E-state index contributed by atoms with van der Waals surface area (Å²) in [5.74, 6) is -5.15. The highest BCUT2D eigenvalue weighted by Crippen LogP contribution is 2.45. The molecule has 2 atom stereocenters. The van der Waals surface area contributed by atoms with Crippen molar-refractivity contribution in [3.05, 3.63) is 42.5 Å². The van der Waals surface area contributed by atoms with Gasteiger partial charge >= 0.3 is 19.5 Å². The second-order valence-electron chi connectivity index (χ2n) is 5.11. The molecule has 2 unspecified atom stereocenters. The third-order valence-corrected chi connectivity index (χ3v) is 4.79. The summed E-state index contributed by atoms with van der Waals surface area (Å²) < 4.78 is 16.7. The third kappa shape index (κ3) is 3.91. The summed E-state index contributed by atoms with van der Waals surface area (Å²) in [5, 5.41) is 19.6. The van der Waals surface area contributed by atoms with Crippen molar-refractivity contribution >= 4 is 30.3 Å². The fraction of sp³-hybridized carbons (Fsp3) is 0.200. The molecular weight excluding hydrogens is 339 g/mol. The van der Waals surface area contributed by atoms with E-state index in [1.165, 1.54) is 0 Å². The Balaban J connectivity index is 2.30. The minimum atomic E-state index is -5.17. The monoisotopic (exact) mass is 354 g/mol. The van der Waals surface area contributed by atoms with Gasteiger partial charge in [-0.2, -0.15) is 0 Å². The van der Waals surface area contributed by atoms with Gasteiger partial charge in [0.15, 0.2) is 5.66 Å². The number of benzene rings is 2. The highest BCUT2D eigenvalue weighted by atomic mass is 31.2. The van der Waals surface area contributed by atoms with Gasteiger partial charge in [0.1, 0.15) is 18.3 Å². The van der Waals surface area contributed by atoms with Crippen molar-refractivity contribution in [3.8, 4) is 5.75 Å². The van der Waals surface area contributed by atoms with E-state index in [0.717, 1.165) is 5.39 Å². The summed E-state index contributed by atoms with van der Waals surface area (Å²) >= 11 is 0. The smallest absolute Gasteiger partial charge is 0.340 e. The molecule has 4 N–H and O–H groups in total. The molecular formula is C15H15O8P. The van der Waals surface area contributed by atoms with Crippen LogP contribution in [-0.2, 0) is 14.2 Å². The molecule has 128 valence electrons. The first-order valence-corrected chi connectivity index (χ1v) is 8.51. The Hall–Kier alpha value is -2.41. The topological polar surface area (TPSA) is 141 Å². The molecule has 0 bridgehead atoms. The van der Waals surface area contributed by atoms with Crippen molar-refractivity contribution < 1.29 is 38.9 Å². The Labute approximate surface area is 136 Å². The van der Waals surface area contributed by atoms with Crippen LogP contribution in [0.5, 0.6) is 5.75 Å². The summed E-state index contributed by atoms with van der Waals surface area (Å²) in [6, 6.07) is 12.1. The van der Waals surface area contributed by atoms with E-state index in [1.54, 1.807) is 30.3 Å². The standard InChI is InChI=1S/C15H15O8P/c16-14(17)11(13(15(18)19)24(20,21)22)8-23-12-7-3-5-9-4-1-2-6-10(9)12/h1-7,11,13H,8H2,(H,16,17)(H,18,19)(H2,20,21,22). The quantitative estimate of drug-likeness (QED) is 0.549. The highest BCUT2D eigenvalue weighted by molar-refractivity contribution is 7.53. The predicted molar refractivity (Wildman–Crippen MR) is 84.0 cm³/mol. The van der Waals surface area contributed by atoms with E-state index in [0.29, 0.717) is 11.1 Å². The van der Waals surface area contributed by atoms with Crippen LogP contribution < -0.4 is 4.74 Å². The van der Waals surface area contributed by atoms with Gasteiger partial charge in [0, 0.05) is 5.39 Å². The largest absolute Gasteiger partial charge is 0.492 e. The Morgan fingerprint density at radius 2 is 1.62 bits per heavy atom. The fourth-order valence-corrected chi connectivity index (χ4v) is 3.32. The number of carbonyl (C=O) groups is 2. The van der Waals surface area contributed by atoms with Gasteiger partial charge < -0.3 is 24.7 Å². The van der Waals surface area contributed by atoms with E-state index in [2.05, 4.69) is 0 Å². The lowest BCUT2D eigenvalue weighted by Gasteiger charge is -2.21. The molecule has 0 aliphatic rings. The molecule has 0 aliphatic heterocycles. The highest BCUT2D eigenvalue weighted by Gasteiger charge is 2.46. The van der Waals surface area contributed by atoms with Crippen LogP contribution in [0.15, 0.2) is 42.5 Å². The number of carboxylic acids is 2.